The molecule has 0 saturated carbocycles. The van der Waals surface area contributed by atoms with Crippen LogP contribution in [-0.4, -0.2) is 6.03 Å². The number of amides is 2. The molecule has 19 heavy (non-hydrogen) atoms. The van der Waals surface area contributed by atoms with E-state index in [0.29, 0.717) is 5.69 Å². The Kier molecular flexibility index (Phi) is 4.76. The molecule has 2 N–H and O–H groups in total. The minimum absolute atomic E-state index is 0.143. The minimum Gasteiger partial charge on any atom is -0.308 e. The molecular formula is C13H9BrFIN2O. The van der Waals surface area contributed by atoms with Gasteiger partial charge in [-0.2, -0.15) is 0 Å². The number of urea groups is 1. The van der Waals surface area contributed by atoms with Gasteiger partial charge in [-0.1, -0.05) is 12.1 Å². The summed E-state index contributed by atoms with van der Waals surface area (Å²) < 4.78 is 15.3. The Hall–Kier alpha value is -1.15. The predicted molar refractivity (Wildman–Crippen MR) is 85.9 cm³/mol. The van der Waals surface area contributed by atoms with Crippen LogP contribution in [-0.2, 0) is 0 Å². The van der Waals surface area contributed by atoms with Crippen molar-refractivity contribution < 1.29 is 9.18 Å². The number of halogens is 3. The molecule has 2 aromatic rings. The van der Waals surface area contributed by atoms with Crippen LogP contribution in [0.15, 0.2) is 46.9 Å². The van der Waals surface area contributed by atoms with Crippen LogP contribution < -0.4 is 10.6 Å². The van der Waals surface area contributed by atoms with Gasteiger partial charge in [0.15, 0.2) is 0 Å². The van der Waals surface area contributed by atoms with Crippen molar-refractivity contribution in [3.8, 4) is 0 Å². The first-order valence-corrected chi connectivity index (χ1v) is 7.21. The van der Waals surface area contributed by atoms with Gasteiger partial charge in [0.1, 0.15) is 5.82 Å². The smallest absolute Gasteiger partial charge is 0.308 e. The summed E-state index contributed by atoms with van der Waals surface area (Å²) in [7, 11) is 0. The molecule has 0 bridgehead atoms. The maximum Gasteiger partial charge on any atom is 0.323 e. The zero-order valence-electron chi connectivity index (χ0n) is 9.58. The number of carbonyl (C=O) groups is 1. The average molecular weight is 435 g/mol. The van der Waals surface area contributed by atoms with E-state index in [-0.39, 0.29) is 5.69 Å². The number of hydrogen-bond acceptors (Lipinski definition) is 1. The number of nitrogens with one attached hydrogen (secondary N) is 2. The molecule has 0 unspecified atom stereocenters. The van der Waals surface area contributed by atoms with Crippen molar-refractivity contribution in [1.29, 1.82) is 0 Å². The lowest BCUT2D eigenvalue weighted by Crippen LogP contribution is -2.20. The van der Waals surface area contributed by atoms with Gasteiger partial charge >= 0.3 is 6.03 Å². The minimum atomic E-state index is -0.488. The van der Waals surface area contributed by atoms with Gasteiger partial charge in [-0.25, -0.2) is 9.18 Å². The largest absolute Gasteiger partial charge is 0.323 e. The molecule has 2 amide bonds. The predicted octanol–water partition coefficient (Wildman–Crippen LogP) is 4.84. The number of hydrogen-bond donors (Lipinski definition) is 2. The highest BCUT2D eigenvalue weighted by Crippen LogP contribution is 2.23. The normalized spacial score (nSPS) is 10.1. The van der Waals surface area contributed by atoms with E-state index in [2.05, 4.69) is 49.2 Å². The van der Waals surface area contributed by atoms with Gasteiger partial charge in [0, 0.05) is 13.7 Å². The Morgan fingerprint density at radius 3 is 2.58 bits per heavy atom. The summed E-state index contributed by atoms with van der Waals surface area (Å²) in [6, 6.07) is 10.9. The molecule has 0 aromatic heterocycles. The number of benzene rings is 2. The Balaban J connectivity index is 2.05. The first-order valence-electron chi connectivity index (χ1n) is 5.34. The van der Waals surface area contributed by atoms with Crippen molar-refractivity contribution in [3.63, 3.8) is 0 Å². The maximum absolute atomic E-state index is 13.4. The zero-order valence-corrected chi connectivity index (χ0v) is 13.3. The van der Waals surface area contributed by atoms with E-state index in [1.807, 2.05) is 6.07 Å². The molecule has 2 aromatic carbocycles. The number of rotatable bonds is 2. The molecule has 0 atom stereocenters. The van der Waals surface area contributed by atoms with Gasteiger partial charge in [0.2, 0.25) is 0 Å². The van der Waals surface area contributed by atoms with Crippen molar-refractivity contribution >= 4 is 55.9 Å². The molecule has 0 radical (unpaired) electrons. The van der Waals surface area contributed by atoms with Crippen molar-refractivity contribution in [2.45, 2.75) is 0 Å². The van der Waals surface area contributed by atoms with Crippen LogP contribution in [0.25, 0.3) is 0 Å². The molecule has 6 heteroatoms. The highest BCUT2D eigenvalue weighted by Gasteiger charge is 2.07. The Bertz CT molecular complexity index is 621. The fourth-order valence-electron chi connectivity index (χ4n) is 1.42. The Labute approximate surface area is 131 Å². The second-order valence-electron chi connectivity index (χ2n) is 3.69. The summed E-state index contributed by atoms with van der Waals surface area (Å²) in [5, 5.41) is 5.09. The third kappa shape index (κ3) is 3.90. The molecule has 2 rings (SSSR count). The highest BCUT2D eigenvalue weighted by molar-refractivity contribution is 14.1. The van der Waals surface area contributed by atoms with Crippen LogP contribution in [0.1, 0.15) is 0 Å². The second-order valence-corrected chi connectivity index (χ2v) is 5.70. The molecular weight excluding hydrogens is 426 g/mol. The van der Waals surface area contributed by atoms with E-state index in [0.717, 1.165) is 8.04 Å². The highest BCUT2D eigenvalue weighted by atomic mass is 127. The molecule has 0 aliphatic rings. The lowest BCUT2D eigenvalue weighted by atomic mass is 10.3. The Morgan fingerprint density at radius 1 is 1.16 bits per heavy atom. The second kappa shape index (κ2) is 6.33. The van der Waals surface area contributed by atoms with Gasteiger partial charge in [-0.05, 0) is 68.9 Å². The fraction of sp³-hybridized carbons (Fsp3) is 0. The zero-order chi connectivity index (χ0) is 13.8. The summed E-state index contributed by atoms with van der Waals surface area (Å²) in [5.74, 6) is -0.471. The average Bonchev–Trinajstić information content (AvgIpc) is 2.37. The fourth-order valence-corrected chi connectivity index (χ4v) is 2.14. The molecule has 0 heterocycles. The number of anilines is 2. The van der Waals surface area contributed by atoms with Crippen LogP contribution in [0, 0.1) is 9.39 Å². The summed E-state index contributed by atoms with van der Waals surface area (Å²) >= 11 is 5.55. The maximum atomic E-state index is 13.4. The summed E-state index contributed by atoms with van der Waals surface area (Å²) in [4.78, 5) is 11.7. The van der Waals surface area contributed by atoms with E-state index in [4.69, 9.17) is 0 Å². The molecule has 98 valence electrons. The molecule has 0 spiro atoms. The van der Waals surface area contributed by atoms with Crippen molar-refractivity contribution in [2.75, 3.05) is 10.6 Å². The Morgan fingerprint density at radius 2 is 1.89 bits per heavy atom. The van der Waals surface area contributed by atoms with Crippen LogP contribution in [0.5, 0.6) is 0 Å². The molecule has 0 aliphatic heterocycles. The van der Waals surface area contributed by atoms with Gasteiger partial charge in [-0.15, -0.1) is 0 Å². The standard InChI is InChI=1S/C13H9BrFIN2O/c14-9-7-8(5-6-11(9)16)17-13(19)18-12-4-2-1-3-10(12)15/h1-7H,(H2,17,18,19). The van der Waals surface area contributed by atoms with Crippen molar-refractivity contribution in [1.82, 2.24) is 0 Å². The van der Waals surface area contributed by atoms with E-state index < -0.39 is 11.8 Å². The topological polar surface area (TPSA) is 41.1 Å². The third-order valence-corrected chi connectivity index (χ3v) is 4.64. The van der Waals surface area contributed by atoms with Crippen LogP contribution in [0.4, 0.5) is 20.6 Å². The number of carbonyl (C=O) groups excluding carboxylic acids is 1. The van der Waals surface area contributed by atoms with E-state index in [1.165, 1.54) is 12.1 Å². The van der Waals surface area contributed by atoms with Gasteiger partial charge in [0.25, 0.3) is 0 Å². The van der Waals surface area contributed by atoms with E-state index in [1.54, 1.807) is 24.3 Å². The van der Waals surface area contributed by atoms with E-state index >= 15 is 0 Å². The first-order chi connectivity index (χ1) is 9.06. The lowest BCUT2D eigenvalue weighted by Gasteiger charge is -2.09. The van der Waals surface area contributed by atoms with Crippen LogP contribution in [0.3, 0.4) is 0 Å². The number of para-hydroxylation sites is 1. The van der Waals surface area contributed by atoms with Gasteiger partial charge < -0.3 is 10.6 Å². The molecule has 3 nitrogen and oxygen atoms in total. The SMILES string of the molecule is O=C(Nc1ccc(I)c(Br)c1)Nc1ccccc1F. The van der Waals surface area contributed by atoms with Gasteiger partial charge in [-0.3, -0.25) is 0 Å². The molecule has 0 fully saturated rings. The van der Waals surface area contributed by atoms with Crippen molar-refractivity contribution in [2.24, 2.45) is 0 Å². The monoisotopic (exact) mass is 434 g/mol. The van der Waals surface area contributed by atoms with Crippen LogP contribution >= 0.6 is 38.5 Å². The van der Waals surface area contributed by atoms with Crippen molar-refractivity contribution in [3.05, 3.63) is 56.3 Å². The summed E-state index contributed by atoms with van der Waals surface area (Å²) in [5.41, 5.74) is 0.769. The third-order valence-electron chi connectivity index (χ3n) is 2.30. The van der Waals surface area contributed by atoms with E-state index in [9.17, 15) is 9.18 Å². The van der Waals surface area contributed by atoms with Crippen LogP contribution in [0.2, 0.25) is 0 Å². The first kappa shape index (κ1) is 14.3. The molecule has 0 saturated heterocycles. The summed E-state index contributed by atoms with van der Waals surface area (Å²) in [6.07, 6.45) is 0. The van der Waals surface area contributed by atoms with Gasteiger partial charge in [0.05, 0.1) is 5.69 Å². The quantitative estimate of drug-likeness (QED) is 0.652. The lowest BCUT2D eigenvalue weighted by molar-refractivity contribution is 0.262. The summed E-state index contributed by atoms with van der Waals surface area (Å²) in [6.45, 7) is 0. The molecule has 0 aliphatic carbocycles.